The maximum absolute atomic E-state index is 13.6. The van der Waals surface area contributed by atoms with Gasteiger partial charge in [0.25, 0.3) is 0 Å². The summed E-state index contributed by atoms with van der Waals surface area (Å²) in [6, 6.07) is 3.38. The lowest BCUT2D eigenvalue weighted by Crippen LogP contribution is -2.43. The molecule has 1 N–H and O–H groups in total. The van der Waals surface area contributed by atoms with Crippen LogP contribution < -0.4 is 5.32 Å². The average Bonchev–Trinajstić information content (AvgIpc) is 2.34. The van der Waals surface area contributed by atoms with Gasteiger partial charge in [-0.2, -0.15) is 0 Å². The third-order valence-electron chi connectivity index (χ3n) is 2.71. The zero-order valence-corrected chi connectivity index (χ0v) is 10.9. The van der Waals surface area contributed by atoms with Crippen molar-refractivity contribution < 1.29 is 18.3 Å². The third kappa shape index (κ3) is 4.01. The Morgan fingerprint density at radius 1 is 1.22 bits per heavy atom. The van der Waals surface area contributed by atoms with Gasteiger partial charge in [-0.25, -0.2) is 8.78 Å². The van der Waals surface area contributed by atoms with Gasteiger partial charge in [0, 0.05) is 20.3 Å². The Labute approximate surface area is 106 Å². The van der Waals surface area contributed by atoms with Crippen molar-refractivity contribution in [3.8, 4) is 0 Å². The lowest BCUT2D eigenvalue weighted by atomic mass is 10.0. The molecule has 1 aromatic rings. The van der Waals surface area contributed by atoms with Gasteiger partial charge in [-0.15, -0.1) is 0 Å². The van der Waals surface area contributed by atoms with Crippen LogP contribution in [0.15, 0.2) is 18.2 Å². The zero-order valence-electron chi connectivity index (χ0n) is 10.9. The second-order valence-corrected chi connectivity index (χ2v) is 3.94. The van der Waals surface area contributed by atoms with Crippen LogP contribution in [0, 0.1) is 11.6 Å². The Hall–Kier alpha value is -1.04. The summed E-state index contributed by atoms with van der Waals surface area (Å²) in [4.78, 5) is 0. The number of hydrogen-bond acceptors (Lipinski definition) is 3. The first-order chi connectivity index (χ1) is 8.62. The lowest BCUT2D eigenvalue weighted by molar-refractivity contribution is -0.122. The first kappa shape index (κ1) is 15.0. The highest BCUT2D eigenvalue weighted by molar-refractivity contribution is 5.19. The fourth-order valence-corrected chi connectivity index (χ4v) is 1.88. The minimum Gasteiger partial charge on any atom is -0.354 e. The summed E-state index contributed by atoms with van der Waals surface area (Å²) >= 11 is 0. The maximum atomic E-state index is 13.6. The molecule has 1 unspecified atom stereocenters. The number of methoxy groups -OCH3 is 2. The molecule has 3 nitrogen and oxygen atoms in total. The number of hydrogen-bond donors (Lipinski definition) is 1. The van der Waals surface area contributed by atoms with E-state index in [9.17, 15) is 8.78 Å². The topological polar surface area (TPSA) is 30.5 Å². The summed E-state index contributed by atoms with van der Waals surface area (Å²) in [6.07, 6.45) is -0.110. The number of halogens is 2. The van der Waals surface area contributed by atoms with Crippen LogP contribution in [0.1, 0.15) is 12.5 Å². The van der Waals surface area contributed by atoms with E-state index < -0.39 is 17.9 Å². The second-order valence-electron chi connectivity index (χ2n) is 3.94. The van der Waals surface area contributed by atoms with Gasteiger partial charge in [-0.3, -0.25) is 0 Å². The van der Waals surface area contributed by atoms with E-state index in [1.165, 1.54) is 26.4 Å². The van der Waals surface area contributed by atoms with E-state index in [0.717, 1.165) is 6.07 Å². The average molecular weight is 259 g/mol. The van der Waals surface area contributed by atoms with Crippen molar-refractivity contribution in [2.24, 2.45) is 0 Å². The van der Waals surface area contributed by atoms with Crippen LogP contribution in [0.3, 0.4) is 0 Å². The molecule has 0 heterocycles. The molecule has 0 aromatic heterocycles. The smallest absolute Gasteiger partial charge is 0.172 e. The molecule has 0 fully saturated rings. The van der Waals surface area contributed by atoms with Crippen LogP contribution in [-0.2, 0) is 15.9 Å². The predicted octanol–water partition coefficient (Wildman–Crippen LogP) is 2.10. The molecule has 0 saturated heterocycles. The number of likely N-dealkylation sites (N-methyl/N-ethyl adjacent to an activating group) is 1. The Balaban J connectivity index is 2.82. The van der Waals surface area contributed by atoms with Crippen molar-refractivity contribution in [1.29, 1.82) is 0 Å². The van der Waals surface area contributed by atoms with Gasteiger partial charge >= 0.3 is 0 Å². The third-order valence-corrected chi connectivity index (χ3v) is 2.71. The quantitative estimate of drug-likeness (QED) is 0.761. The SMILES string of the molecule is CCNC(Cc1ccc(F)cc1F)C(OC)OC. The van der Waals surface area contributed by atoms with Gasteiger partial charge in [0.05, 0.1) is 6.04 Å². The molecular weight excluding hydrogens is 240 g/mol. The molecule has 0 spiro atoms. The molecular formula is C13H19F2NO2. The van der Waals surface area contributed by atoms with Crippen LogP contribution in [0.25, 0.3) is 0 Å². The Bertz CT molecular complexity index is 370. The van der Waals surface area contributed by atoms with Gasteiger partial charge in [-0.05, 0) is 24.6 Å². The van der Waals surface area contributed by atoms with Crippen molar-refractivity contribution in [1.82, 2.24) is 5.32 Å². The van der Waals surface area contributed by atoms with E-state index >= 15 is 0 Å². The van der Waals surface area contributed by atoms with Crippen LogP contribution in [0.4, 0.5) is 8.78 Å². The maximum Gasteiger partial charge on any atom is 0.172 e. The van der Waals surface area contributed by atoms with Crippen molar-refractivity contribution in [3.63, 3.8) is 0 Å². The predicted molar refractivity (Wildman–Crippen MR) is 65.3 cm³/mol. The minimum absolute atomic E-state index is 0.190. The molecule has 0 radical (unpaired) electrons. The molecule has 18 heavy (non-hydrogen) atoms. The summed E-state index contributed by atoms with van der Waals surface area (Å²) in [5.74, 6) is -1.13. The van der Waals surface area contributed by atoms with Crippen LogP contribution in [0.2, 0.25) is 0 Å². The van der Waals surface area contributed by atoms with Crippen molar-refractivity contribution >= 4 is 0 Å². The van der Waals surface area contributed by atoms with E-state index in [4.69, 9.17) is 9.47 Å². The summed E-state index contributed by atoms with van der Waals surface area (Å²) in [7, 11) is 3.05. The molecule has 0 saturated carbocycles. The van der Waals surface area contributed by atoms with Gasteiger partial charge in [0.1, 0.15) is 11.6 Å². The second kappa shape index (κ2) is 7.41. The molecule has 102 valence electrons. The van der Waals surface area contributed by atoms with E-state index in [0.29, 0.717) is 18.5 Å². The molecule has 0 aliphatic carbocycles. The van der Waals surface area contributed by atoms with Crippen molar-refractivity contribution in [2.75, 3.05) is 20.8 Å². The minimum atomic E-state index is -0.578. The van der Waals surface area contributed by atoms with Crippen molar-refractivity contribution in [3.05, 3.63) is 35.4 Å². The Morgan fingerprint density at radius 2 is 1.89 bits per heavy atom. The first-order valence-corrected chi connectivity index (χ1v) is 5.85. The molecule has 0 aliphatic heterocycles. The highest BCUT2D eigenvalue weighted by Gasteiger charge is 2.21. The molecule has 1 atom stereocenters. The molecule has 1 aromatic carbocycles. The lowest BCUT2D eigenvalue weighted by Gasteiger charge is -2.25. The van der Waals surface area contributed by atoms with E-state index in [2.05, 4.69) is 5.32 Å². The molecule has 0 bridgehead atoms. The summed E-state index contributed by atoms with van der Waals surface area (Å²) in [5.41, 5.74) is 0.432. The van der Waals surface area contributed by atoms with Gasteiger partial charge in [0.15, 0.2) is 6.29 Å². The van der Waals surface area contributed by atoms with E-state index in [1.807, 2.05) is 6.92 Å². The summed E-state index contributed by atoms with van der Waals surface area (Å²) in [5, 5.41) is 3.16. The fraction of sp³-hybridized carbons (Fsp3) is 0.538. The number of benzene rings is 1. The Morgan fingerprint density at radius 3 is 2.39 bits per heavy atom. The number of rotatable bonds is 7. The summed E-state index contributed by atoms with van der Waals surface area (Å²) in [6.45, 7) is 2.65. The first-order valence-electron chi connectivity index (χ1n) is 5.85. The molecule has 0 amide bonds. The summed E-state index contributed by atoms with van der Waals surface area (Å²) < 4.78 is 36.7. The highest BCUT2D eigenvalue weighted by Crippen LogP contribution is 2.14. The molecule has 1 rings (SSSR count). The largest absolute Gasteiger partial charge is 0.354 e. The number of ether oxygens (including phenoxy) is 2. The van der Waals surface area contributed by atoms with Crippen LogP contribution >= 0.6 is 0 Å². The molecule has 5 heteroatoms. The number of nitrogens with one attached hydrogen (secondary N) is 1. The normalized spacial score (nSPS) is 13.0. The van der Waals surface area contributed by atoms with Crippen LogP contribution in [-0.4, -0.2) is 33.1 Å². The van der Waals surface area contributed by atoms with Crippen molar-refractivity contribution in [2.45, 2.75) is 25.7 Å². The van der Waals surface area contributed by atoms with E-state index in [-0.39, 0.29) is 6.04 Å². The van der Waals surface area contributed by atoms with Gasteiger partial charge in [0.2, 0.25) is 0 Å². The Kier molecular flexibility index (Phi) is 6.18. The standard InChI is InChI=1S/C13H19F2NO2/c1-4-16-12(13(17-2)18-3)7-9-5-6-10(14)8-11(9)15/h5-6,8,12-13,16H,4,7H2,1-3H3. The highest BCUT2D eigenvalue weighted by atomic mass is 19.1. The van der Waals surface area contributed by atoms with Crippen LogP contribution in [0.5, 0.6) is 0 Å². The zero-order chi connectivity index (χ0) is 13.5. The molecule has 0 aliphatic rings. The monoisotopic (exact) mass is 259 g/mol. The van der Waals surface area contributed by atoms with E-state index in [1.54, 1.807) is 0 Å². The fourth-order valence-electron chi connectivity index (χ4n) is 1.88. The van der Waals surface area contributed by atoms with Gasteiger partial charge < -0.3 is 14.8 Å². The van der Waals surface area contributed by atoms with Gasteiger partial charge in [-0.1, -0.05) is 13.0 Å².